The highest BCUT2D eigenvalue weighted by molar-refractivity contribution is 5.03. The minimum Gasteiger partial charge on any atom is -0.311 e. The standard InChI is InChI=1S/C11H20N4O/c1-10-11(14-16-13-10)9-12-5-4-8-15-6-2-3-7-15/h12H,2-9H2,1H3. The molecule has 2 heterocycles. The Kier molecular flexibility index (Phi) is 4.30. The number of aromatic nitrogens is 2. The quantitative estimate of drug-likeness (QED) is 0.729. The third-order valence-electron chi connectivity index (χ3n) is 3.07. The lowest BCUT2D eigenvalue weighted by Crippen LogP contribution is -2.24. The van der Waals surface area contributed by atoms with Crippen LogP contribution < -0.4 is 5.32 Å². The molecule has 0 spiro atoms. The van der Waals surface area contributed by atoms with Gasteiger partial charge < -0.3 is 10.2 Å². The van der Waals surface area contributed by atoms with Gasteiger partial charge in [-0.15, -0.1) is 0 Å². The number of nitrogens with zero attached hydrogens (tertiary/aromatic N) is 3. The lowest BCUT2D eigenvalue weighted by atomic mass is 10.3. The fourth-order valence-corrected chi connectivity index (χ4v) is 2.05. The molecule has 1 aliphatic rings. The van der Waals surface area contributed by atoms with Crippen molar-refractivity contribution < 1.29 is 4.63 Å². The Bertz CT molecular complexity index is 307. The molecule has 0 atom stereocenters. The van der Waals surface area contributed by atoms with E-state index in [0.29, 0.717) is 0 Å². The van der Waals surface area contributed by atoms with E-state index in [1.54, 1.807) is 0 Å². The predicted octanol–water partition coefficient (Wildman–Crippen LogP) is 0.954. The molecule has 1 fully saturated rings. The molecule has 0 unspecified atom stereocenters. The largest absolute Gasteiger partial charge is 0.311 e. The second-order valence-corrected chi connectivity index (χ2v) is 4.38. The fourth-order valence-electron chi connectivity index (χ4n) is 2.05. The Hall–Kier alpha value is -0.940. The van der Waals surface area contributed by atoms with Gasteiger partial charge in [-0.3, -0.25) is 0 Å². The Morgan fingerprint density at radius 3 is 2.81 bits per heavy atom. The van der Waals surface area contributed by atoms with Gasteiger partial charge >= 0.3 is 0 Å². The van der Waals surface area contributed by atoms with Crippen molar-refractivity contribution in [2.24, 2.45) is 0 Å². The molecule has 0 bridgehead atoms. The minimum atomic E-state index is 0.759. The molecule has 1 aromatic rings. The van der Waals surface area contributed by atoms with Crippen LogP contribution in [0.15, 0.2) is 4.63 Å². The van der Waals surface area contributed by atoms with E-state index in [2.05, 4.69) is 25.2 Å². The van der Waals surface area contributed by atoms with Crippen LogP contribution in [0.2, 0.25) is 0 Å². The number of rotatable bonds is 6. The van der Waals surface area contributed by atoms with Gasteiger partial charge in [0.05, 0.1) is 0 Å². The van der Waals surface area contributed by atoms with Crippen molar-refractivity contribution in [3.63, 3.8) is 0 Å². The van der Waals surface area contributed by atoms with E-state index < -0.39 is 0 Å². The lowest BCUT2D eigenvalue weighted by molar-refractivity contribution is 0.299. The van der Waals surface area contributed by atoms with Crippen molar-refractivity contribution in [2.45, 2.75) is 32.7 Å². The first-order valence-corrected chi connectivity index (χ1v) is 6.07. The molecule has 90 valence electrons. The third kappa shape index (κ3) is 3.28. The van der Waals surface area contributed by atoms with Crippen LogP contribution in [-0.2, 0) is 6.54 Å². The summed E-state index contributed by atoms with van der Waals surface area (Å²) in [7, 11) is 0. The maximum absolute atomic E-state index is 4.64. The first-order chi connectivity index (χ1) is 7.86. The van der Waals surface area contributed by atoms with Crippen molar-refractivity contribution >= 4 is 0 Å². The number of likely N-dealkylation sites (tertiary alicyclic amines) is 1. The summed E-state index contributed by atoms with van der Waals surface area (Å²) in [5.41, 5.74) is 1.80. The number of aryl methyl sites for hydroxylation is 1. The van der Waals surface area contributed by atoms with Gasteiger partial charge in [0.15, 0.2) is 0 Å². The van der Waals surface area contributed by atoms with Crippen molar-refractivity contribution in [1.29, 1.82) is 0 Å². The van der Waals surface area contributed by atoms with Gasteiger partial charge in [-0.1, -0.05) is 10.3 Å². The molecule has 0 saturated carbocycles. The highest BCUT2D eigenvalue weighted by Crippen LogP contribution is 2.07. The molecule has 1 aliphatic heterocycles. The van der Waals surface area contributed by atoms with Gasteiger partial charge in [0.1, 0.15) is 11.4 Å². The summed E-state index contributed by atoms with van der Waals surface area (Å²) in [6.07, 6.45) is 3.94. The average molecular weight is 224 g/mol. The normalized spacial score (nSPS) is 17.1. The Labute approximate surface area is 96.2 Å². The van der Waals surface area contributed by atoms with Gasteiger partial charge in [0.2, 0.25) is 0 Å². The Morgan fingerprint density at radius 2 is 2.12 bits per heavy atom. The summed E-state index contributed by atoms with van der Waals surface area (Å²) in [6.45, 7) is 7.48. The van der Waals surface area contributed by atoms with Crippen LogP contribution in [0.1, 0.15) is 30.7 Å². The van der Waals surface area contributed by atoms with E-state index in [1.807, 2.05) is 6.92 Å². The van der Waals surface area contributed by atoms with Crippen LogP contribution in [0.25, 0.3) is 0 Å². The maximum Gasteiger partial charge on any atom is 0.121 e. The zero-order valence-corrected chi connectivity index (χ0v) is 9.91. The molecule has 0 radical (unpaired) electrons. The molecule has 1 aromatic heterocycles. The summed E-state index contributed by atoms with van der Waals surface area (Å²) >= 11 is 0. The zero-order chi connectivity index (χ0) is 11.2. The molecular weight excluding hydrogens is 204 g/mol. The van der Waals surface area contributed by atoms with Crippen LogP contribution in [0, 0.1) is 6.92 Å². The summed E-state index contributed by atoms with van der Waals surface area (Å²) in [4.78, 5) is 2.53. The monoisotopic (exact) mass is 224 g/mol. The van der Waals surface area contributed by atoms with Crippen LogP contribution in [0.5, 0.6) is 0 Å². The van der Waals surface area contributed by atoms with Gasteiger partial charge in [-0.2, -0.15) is 0 Å². The number of nitrogens with one attached hydrogen (secondary N) is 1. The van der Waals surface area contributed by atoms with E-state index in [-0.39, 0.29) is 0 Å². The maximum atomic E-state index is 4.64. The molecular formula is C11H20N4O. The first kappa shape index (κ1) is 11.5. The van der Waals surface area contributed by atoms with Crippen LogP contribution in [-0.4, -0.2) is 41.4 Å². The smallest absolute Gasteiger partial charge is 0.121 e. The van der Waals surface area contributed by atoms with Crippen molar-refractivity contribution in [3.05, 3.63) is 11.4 Å². The van der Waals surface area contributed by atoms with Gasteiger partial charge in [-0.25, -0.2) is 4.63 Å². The number of hydrogen-bond acceptors (Lipinski definition) is 5. The van der Waals surface area contributed by atoms with Crippen LogP contribution >= 0.6 is 0 Å². The Morgan fingerprint density at radius 1 is 1.31 bits per heavy atom. The molecule has 2 rings (SSSR count). The van der Waals surface area contributed by atoms with E-state index in [0.717, 1.165) is 24.5 Å². The van der Waals surface area contributed by atoms with E-state index in [4.69, 9.17) is 0 Å². The van der Waals surface area contributed by atoms with E-state index in [1.165, 1.54) is 38.9 Å². The third-order valence-corrected chi connectivity index (χ3v) is 3.07. The Balaban J connectivity index is 1.53. The van der Waals surface area contributed by atoms with Gasteiger partial charge in [0.25, 0.3) is 0 Å². The van der Waals surface area contributed by atoms with Gasteiger partial charge in [-0.05, 0) is 52.4 Å². The summed E-state index contributed by atoms with van der Waals surface area (Å²) < 4.78 is 4.64. The molecule has 0 amide bonds. The second kappa shape index (κ2) is 5.96. The van der Waals surface area contributed by atoms with Crippen molar-refractivity contribution in [2.75, 3.05) is 26.2 Å². The molecule has 0 aromatic carbocycles. The highest BCUT2D eigenvalue weighted by atomic mass is 16.6. The fraction of sp³-hybridized carbons (Fsp3) is 0.818. The average Bonchev–Trinajstić information content (AvgIpc) is 2.90. The molecule has 0 aliphatic carbocycles. The predicted molar refractivity (Wildman–Crippen MR) is 61.0 cm³/mol. The highest BCUT2D eigenvalue weighted by Gasteiger charge is 2.10. The van der Waals surface area contributed by atoms with E-state index in [9.17, 15) is 0 Å². The molecule has 5 nitrogen and oxygen atoms in total. The zero-order valence-electron chi connectivity index (χ0n) is 9.91. The molecule has 5 heteroatoms. The van der Waals surface area contributed by atoms with E-state index >= 15 is 0 Å². The van der Waals surface area contributed by atoms with Crippen LogP contribution in [0.3, 0.4) is 0 Å². The summed E-state index contributed by atoms with van der Waals surface area (Å²) in [5, 5.41) is 10.9. The summed E-state index contributed by atoms with van der Waals surface area (Å²) in [5.74, 6) is 0. The SMILES string of the molecule is Cc1nonc1CNCCCN1CCCC1. The topological polar surface area (TPSA) is 54.2 Å². The minimum absolute atomic E-state index is 0.759. The lowest BCUT2D eigenvalue weighted by Gasteiger charge is -2.13. The van der Waals surface area contributed by atoms with Gasteiger partial charge in [0, 0.05) is 6.54 Å². The molecule has 1 N–H and O–H groups in total. The second-order valence-electron chi connectivity index (χ2n) is 4.38. The number of hydrogen-bond donors (Lipinski definition) is 1. The first-order valence-electron chi connectivity index (χ1n) is 6.07. The molecule has 1 saturated heterocycles. The molecule has 16 heavy (non-hydrogen) atoms. The van der Waals surface area contributed by atoms with Crippen molar-refractivity contribution in [3.8, 4) is 0 Å². The van der Waals surface area contributed by atoms with Crippen molar-refractivity contribution in [1.82, 2.24) is 20.5 Å². The van der Waals surface area contributed by atoms with Crippen LogP contribution in [0.4, 0.5) is 0 Å². The summed E-state index contributed by atoms with van der Waals surface area (Å²) in [6, 6.07) is 0.